The molecule has 0 aliphatic carbocycles. The van der Waals surface area contributed by atoms with Gasteiger partial charge in [-0.1, -0.05) is 30.3 Å². The second kappa shape index (κ2) is 7.84. The van der Waals surface area contributed by atoms with Crippen molar-refractivity contribution in [2.75, 3.05) is 7.11 Å². The van der Waals surface area contributed by atoms with Gasteiger partial charge < -0.3 is 10.1 Å². The summed E-state index contributed by atoms with van der Waals surface area (Å²) in [5.74, 6) is -0.677. The van der Waals surface area contributed by atoms with Crippen LogP contribution in [0.15, 0.2) is 60.3 Å². The Morgan fingerprint density at radius 2 is 1.50 bits per heavy atom. The number of esters is 1. The lowest BCUT2D eigenvalue weighted by molar-refractivity contribution is -0.386. The Kier molecular flexibility index (Phi) is 5.32. The number of nitrogens with zero attached hydrogens (tertiary/aromatic N) is 2. The van der Waals surface area contributed by atoms with Crippen molar-refractivity contribution in [2.24, 2.45) is 0 Å². The van der Waals surface area contributed by atoms with Crippen LogP contribution >= 0.6 is 0 Å². The highest BCUT2D eigenvalue weighted by atomic mass is 16.6. The fraction of sp³-hybridized carbons (Fsp3) is 0.167. The lowest BCUT2D eigenvalue weighted by Crippen LogP contribution is -2.42. The molecule has 0 saturated carbocycles. The molecule has 1 aliphatic heterocycles. The van der Waals surface area contributed by atoms with E-state index >= 15 is 0 Å². The molecule has 0 saturated heterocycles. The van der Waals surface area contributed by atoms with Crippen LogP contribution in [-0.4, -0.2) is 22.9 Å². The predicted octanol–water partition coefficient (Wildman–Crippen LogP) is 2.49. The van der Waals surface area contributed by atoms with Crippen molar-refractivity contribution in [3.63, 3.8) is 0 Å². The van der Waals surface area contributed by atoms with Crippen LogP contribution in [0.4, 0.5) is 11.4 Å². The molecule has 2 aromatic rings. The number of carbonyl (C=O) groups is 1. The van der Waals surface area contributed by atoms with Gasteiger partial charge in [0.2, 0.25) is 0 Å². The third-order valence-corrected chi connectivity index (χ3v) is 4.36. The topological polar surface area (TPSA) is 137 Å². The lowest BCUT2D eigenvalue weighted by Gasteiger charge is -2.31. The molecule has 3 rings (SSSR count). The number of nitro benzene ring substituents is 2. The van der Waals surface area contributed by atoms with Gasteiger partial charge in [0, 0.05) is 18.3 Å². The highest BCUT2D eigenvalue weighted by Gasteiger charge is 2.35. The monoisotopic (exact) mass is 384 g/mol. The second-order valence-electron chi connectivity index (χ2n) is 5.92. The molecule has 2 N–H and O–H groups in total. The average molecular weight is 384 g/mol. The van der Waals surface area contributed by atoms with Gasteiger partial charge in [0.15, 0.2) is 0 Å². The summed E-state index contributed by atoms with van der Waals surface area (Å²) in [7, 11) is 1.20. The minimum Gasteiger partial charge on any atom is -0.466 e. The van der Waals surface area contributed by atoms with E-state index in [0.29, 0.717) is 5.56 Å². The standard InChI is InChI=1S/C18H16N4O6/c1-28-18(23)13-10-19-17(12-7-3-5-9-15(12)22(26)27)20-16(13)11-6-2-4-8-14(11)21(24)25/h2-10,16-17,19-20H,1H3. The van der Waals surface area contributed by atoms with Crippen LogP contribution in [0.3, 0.4) is 0 Å². The number of hydrogen-bond acceptors (Lipinski definition) is 8. The Morgan fingerprint density at radius 1 is 0.964 bits per heavy atom. The Labute approximate surface area is 159 Å². The molecular formula is C18H16N4O6. The SMILES string of the molecule is COC(=O)C1=CNC(c2ccccc2[N+](=O)[O-])NC1c1ccccc1[N+](=O)[O-]. The average Bonchev–Trinajstić information content (AvgIpc) is 2.72. The molecule has 2 atom stereocenters. The van der Waals surface area contributed by atoms with Gasteiger partial charge in [-0.3, -0.25) is 25.5 Å². The van der Waals surface area contributed by atoms with Crippen LogP contribution in [0.1, 0.15) is 23.3 Å². The number of nitrogens with one attached hydrogen (secondary N) is 2. The molecule has 0 radical (unpaired) electrons. The number of para-hydroxylation sites is 2. The molecule has 28 heavy (non-hydrogen) atoms. The summed E-state index contributed by atoms with van der Waals surface area (Å²) in [6.45, 7) is 0. The van der Waals surface area contributed by atoms with Gasteiger partial charge in [0.1, 0.15) is 6.17 Å². The van der Waals surface area contributed by atoms with E-state index in [9.17, 15) is 25.0 Å². The minimum absolute atomic E-state index is 0.117. The van der Waals surface area contributed by atoms with Gasteiger partial charge in [0.25, 0.3) is 11.4 Å². The van der Waals surface area contributed by atoms with Crippen LogP contribution in [0.2, 0.25) is 0 Å². The highest BCUT2D eigenvalue weighted by Crippen LogP contribution is 2.35. The van der Waals surface area contributed by atoms with E-state index in [1.165, 1.54) is 37.6 Å². The molecular weight excluding hydrogens is 368 g/mol. The second-order valence-corrected chi connectivity index (χ2v) is 5.92. The number of ether oxygens (including phenoxy) is 1. The molecule has 2 aromatic carbocycles. The van der Waals surface area contributed by atoms with E-state index in [4.69, 9.17) is 4.74 Å². The number of hydrogen-bond donors (Lipinski definition) is 2. The Morgan fingerprint density at radius 3 is 2.07 bits per heavy atom. The van der Waals surface area contributed by atoms with E-state index in [1.807, 2.05) is 0 Å². The van der Waals surface area contributed by atoms with Gasteiger partial charge in [0.05, 0.1) is 39.7 Å². The van der Waals surface area contributed by atoms with E-state index in [1.54, 1.807) is 24.3 Å². The molecule has 10 heteroatoms. The number of carbonyl (C=O) groups excluding carboxylic acids is 1. The third-order valence-electron chi connectivity index (χ3n) is 4.36. The van der Waals surface area contributed by atoms with Gasteiger partial charge in [-0.05, 0) is 6.07 Å². The van der Waals surface area contributed by atoms with E-state index in [2.05, 4.69) is 10.6 Å². The molecule has 0 amide bonds. The quantitative estimate of drug-likeness (QED) is 0.456. The van der Waals surface area contributed by atoms with Crippen molar-refractivity contribution in [1.29, 1.82) is 0 Å². The maximum absolute atomic E-state index is 12.2. The lowest BCUT2D eigenvalue weighted by atomic mass is 9.94. The molecule has 2 unspecified atom stereocenters. The molecule has 144 valence electrons. The van der Waals surface area contributed by atoms with Crippen molar-refractivity contribution in [3.05, 3.63) is 91.7 Å². The summed E-state index contributed by atoms with van der Waals surface area (Å²) >= 11 is 0. The largest absolute Gasteiger partial charge is 0.466 e. The van der Waals surface area contributed by atoms with Crippen molar-refractivity contribution in [2.45, 2.75) is 12.2 Å². The molecule has 0 spiro atoms. The highest BCUT2D eigenvalue weighted by molar-refractivity contribution is 5.90. The van der Waals surface area contributed by atoms with Gasteiger partial charge in [-0.25, -0.2) is 4.79 Å². The molecule has 0 fully saturated rings. The first kappa shape index (κ1) is 19.0. The summed E-state index contributed by atoms with van der Waals surface area (Å²) in [5.41, 5.74) is 0.388. The van der Waals surface area contributed by atoms with E-state index < -0.39 is 28.0 Å². The fourth-order valence-electron chi connectivity index (χ4n) is 3.09. The zero-order valence-electron chi connectivity index (χ0n) is 14.7. The number of nitro groups is 2. The van der Waals surface area contributed by atoms with Gasteiger partial charge in [-0.15, -0.1) is 0 Å². The molecule has 0 bridgehead atoms. The fourth-order valence-corrected chi connectivity index (χ4v) is 3.09. The number of benzene rings is 2. The summed E-state index contributed by atoms with van der Waals surface area (Å²) in [6.07, 6.45) is 0.616. The molecule has 10 nitrogen and oxygen atoms in total. The summed E-state index contributed by atoms with van der Waals surface area (Å²) in [4.78, 5) is 33.9. The summed E-state index contributed by atoms with van der Waals surface area (Å²) in [5, 5.41) is 28.7. The van der Waals surface area contributed by atoms with Gasteiger partial charge >= 0.3 is 5.97 Å². The van der Waals surface area contributed by atoms with Crippen molar-refractivity contribution >= 4 is 17.3 Å². The van der Waals surface area contributed by atoms with Crippen LogP contribution in [0.5, 0.6) is 0 Å². The van der Waals surface area contributed by atoms with Crippen molar-refractivity contribution in [3.8, 4) is 0 Å². The molecule has 1 aliphatic rings. The van der Waals surface area contributed by atoms with Crippen LogP contribution in [0, 0.1) is 20.2 Å². The zero-order valence-corrected chi connectivity index (χ0v) is 14.7. The third kappa shape index (κ3) is 3.53. The molecule has 1 heterocycles. The Bertz CT molecular complexity index is 974. The van der Waals surface area contributed by atoms with Crippen LogP contribution in [0.25, 0.3) is 0 Å². The predicted molar refractivity (Wildman–Crippen MR) is 98.0 cm³/mol. The van der Waals surface area contributed by atoms with Crippen LogP contribution < -0.4 is 10.6 Å². The van der Waals surface area contributed by atoms with Gasteiger partial charge in [-0.2, -0.15) is 0 Å². The first-order valence-corrected chi connectivity index (χ1v) is 8.21. The Balaban J connectivity index is 2.09. The van der Waals surface area contributed by atoms with E-state index in [0.717, 1.165) is 0 Å². The normalized spacial score (nSPS) is 18.5. The minimum atomic E-state index is -0.903. The number of rotatable bonds is 5. The maximum Gasteiger partial charge on any atom is 0.337 e. The van der Waals surface area contributed by atoms with Crippen molar-refractivity contribution in [1.82, 2.24) is 10.6 Å². The smallest absolute Gasteiger partial charge is 0.337 e. The summed E-state index contributed by atoms with van der Waals surface area (Å²) < 4.78 is 4.78. The first-order valence-electron chi connectivity index (χ1n) is 8.21. The maximum atomic E-state index is 12.2. The number of methoxy groups -OCH3 is 1. The molecule has 0 aromatic heterocycles. The first-order chi connectivity index (χ1) is 13.4. The van der Waals surface area contributed by atoms with Crippen LogP contribution in [-0.2, 0) is 9.53 Å². The zero-order chi connectivity index (χ0) is 20.3. The summed E-state index contributed by atoms with van der Waals surface area (Å²) in [6, 6.07) is 11.2. The van der Waals surface area contributed by atoms with Crippen molar-refractivity contribution < 1.29 is 19.4 Å². The van der Waals surface area contributed by atoms with E-state index in [-0.39, 0.29) is 22.5 Å². The Hall–Kier alpha value is -3.79.